The van der Waals surface area contributed by atoms with Crippen LogP contribution in [0, 0.1) is 11.3 Å². The molecule has 0 amide bonds. The molecule has 0 unspecified atom stereocenters. The van der Waals surface area contributed by atoms with Gasteiger partial charge in [-0.2, -0.15) is 5.26 Å². The first-order valence-electron chi connectivity index (χ1n) is 5.77. The van der Waals surface area contributed by atoms with Crippen LogP contribution in [0.15, 0.2) is 40.9 Å². The Morgan fingerprint density at radius 2 is 1.95 bits per heavy atom. The summed E-state index contributed by atoms with van der Waals surface area (Å²) in [6.45, 7) is 0. The highest BCUT2D eigenvalue weighted by molar-refractivity contribution is 9.10. The first-order valence-corrected chi connectivity index (χ1v) is 7.10. The molecule has 2 aromatic rings. The molecule has 3 nitrogen and oxygen atoms in total. The van der Waals surface area contributed by atoms with Gasteiger partial charge in [0.25, 0.3) is 0 Å². The molecule has 2 rings (SSSR count). The highest BCUT2D eigenvalue weighted by atomic mass is 79.9. The van der Waals surface area contributed by atoms with Crippen molar-refractivity contribution in [3.8, 4) is 23.3 Å². The van der Waals surface area contributed by atoms with Gasteiger partial charge in [-0.05, 0) is 45.8 Å². The van der Waals surface area contributed by atoms with Gasteiger partial charge in [0, 0.05) is 11.9 Å². The van der Waals surface area contributed by atoms with Gasteiger partial charge >= 0.3 is 0 Å². The van der Waals surface area contributed by atoms with Crippen LogP contribution >= 0.6 is 27.5 Å². The standard InChI is InChI=1S/C15H11BrClNO2/c1-19-12-4-11(9-18)5-13(7-12)20-15-3-2-10(8-17)6-14(15)16/h2-7H,8H2,1H3. The Labute approximate surface area is 130 Å². The molecule has 0 spiro atoms. The fourth-order valence-electron chi connectivity index (χ4n) is 1.65. The Balaban J connectivity index is 2.32. The van der Waals surface area contributed by atoms with Gasteiger partial charge in [0.05, 0.1) is 23.2 Å². The summed E-state index contributed by atoms with van der Waals surface area (Å²) in [5.41, 5.74) is 1.47. The number of halogens is 2. The topological polar surface area (TPSA) is 42.2 Å². The van der Waals surface area contributed by atoms with Gasteiger partial charge < -0.3 is 9.47 Å². The van der Waals surface area contributed by atoms with Gasteiger partial charge in [0.1, 0.15) is 17.2 Å². The largest absolute Gasteiger partial charge is 0.497 e. The molecule has 0 saturated carbocycles. The van der Waals surface area contributed by atoms with E-state index in [-0.39, 0.29) is 0 Å². The zero-order valence-electron chi connectivity index (χ0n) is 10.7. The van der Waals surface area contributed by atoms with Crippen LogP contribution < -0.4 is 9.47 Å². The molecule has 0 fully saturated rings. The maximum Gasteiger partial charge on any atom is 0.141 e. The van der Waals surface area contributed by atoms with Crippen LogP contribution in [0.5, 0.6) is 17.2 Å². The summed E-state index contributed by atoms with van der Waals surface area (Å²) in [5, 5.41) is 8.99. The molecule has 0 atom stereocenters. The number of ether oxygens (including phenoxy) is 2. The smallest absolute Gasteiger partial charge is 0.141 e. The molecule has 0 aliphatic heterocycles. The third-order valence-corrected chi connectivity index (χ3v) is 3.55. The average molecular weight is 353 g/mol. The molecular formula is C15H11BrClNO2. The monoisotopic (exact) mass is 351 g/mol. The number of methoxy groups -OCH3 is 1. The fraction of sp³-hybridized carbons (Fsp3) is 0.133. The van der Waals surface area contributed by atoms with Crippen LogP contribution in [0.4, 0.5) is 0 Å². The fourth-order valence-corrected chi connectivity index (χ4v) is 2.32. The minimum absolute atomic E-state index is 0.441. The SMILES string of the molecule is COc1cc(C#N)cc(Oc2ccc(CCl)cc2Br)c1. The van der Waals surface area contributed by atoms with Crippen molar-refractivity contribution in [2.45, 2.75) is 5.88 Å². The van der Waals surface area contributed by atoms with E-state index in [0.29, 0.717) is 28.7 Å². The Morgan fingerprint density at radius 1 is 1.20 bits per heavy atom. The van der Waals surface area contributed by atoms with Crippen molar-refractivity contribution in [1.82, 2.24) is 0 Å². The second-order valence-electron chi connectivity index (χ2n) is 4.01. The summed E-state index contributed by atoms with van der Waals surface area (Å²) in [6.07, 6.45) is 0. The zero-order valence-corrected chi connectivity index (χ0v) is 13.0. The van der Waals surface area contributed by atoms with Crippen molar-refractivity contribution in [3.63, 3.8) is 0 Å². The number of hydrogen-bond donors (Lipinski definition) is 0. The first-order chi connectivity index (χ1) is 9.66. The number of hydrogen-bond acceptors (Lipinski definition) is 3. The van der Waals surface area contributed by atoms with E-state index in [1.54, 1.807) is 25.3 Å². The summed E-state index contributed by atoms with van der Waals surface area (Å²) in [7, 11) is 1.55. The molecule has 0 aliphatic carbocycles. The summed E-state index contributed by atoms with van der Waals surface area (Å²) in [4.78, 5) is 0. The summed E-state index contributed by atoms with van der Waals surface area (Å²) in [6, 6.07) is 12.7. The first kappa shape index (κ1) is 14.7. The molecule has 0 aliphatic rings. The van der Waals surface area contributed by atoms with E-state index in [2.05, 4.69) is 22.0 Å². The Kier molecular flexibility index (Phi) is 4.89. The Morgan fingerprint density at radius 3 is 2.55 bits per heavy atom. The van der Waals surface area contributed by atoms with E-state index < -0.39 is 0 Å². The van der Waals surface area contributed by atoms with E-state index >= 15 is 0 Å². The number of nitriles is 1. The lowest BCUT2D eigenvalue weighted by molar-refractivity contribution is 0.408. The number of alkyl halides is 1. The lowest BCUT2D eigenvalue weighted by atomic mass is 10.2. The predicted octanol–water partition coefficient (Wildman–Crippen LogP) is 4.86. The van der Waals surface area contributed by atoms with E-state index in [1.165, 1.54) is 0 Å². The van der Waals surface area contributed by atoms with E-state index in [9.17, 15) is 0 Å². The molecule has 0 N–H and O–H groups in total. The molecule has 0 saturated heterocycles. The van der Waals surface area contributed by atoms with Crippen LogP contribution in [0.2, 0.25) is 0 Å². The highest BCUT2D eigenvalue weighted by Crippen LogP contribution is 2.33. The molecular weight excluding hydrogens is 342 g/mol. The molecule has 2 aromatic carbocycles. The maximum absolute atomic E-state index is 8.99. The van der Waals surface area contributed by atoms with E-state index in [1.807, 2.05) is 18.2 Å². The third kappa shape index (κ3) is 3.44. The second kappa shape index (κ2) is 6.65. The summed E-state index contributed by atoms with van der Waals surface area (Å²) >= 11 is 9.21. The van der Waals surface area contributed by atoms with Crippen molar-refractivity contribution >= 4 is 27.5 Å². The lowest BCUT2D eigenvalue weighted by Gasteiger charge is -2.10. The van der Waals surface area contributed by atoms with Crippen molar-refractivity contribution < 1.29 is 9.47 Å². The van der Waals surface area contributed by atoms with Gasteiger partial charge in [-0.3, -0.25) is 0 Å². The van der Waals surface area contributed by atoms with Crippen molar-refractivity contribution in [2.75, 3.05) is 7.11 Å². The average Bonchev–Trinajstić information content (AvgIpc) is 2.48. The second-order valence-corrected chi connectivity index (χ2v) is 5.13. The lowest BCUT2D eigenvalue weighted by Crippen LogP contribution is -1.90. The number of rotatable bonds is 4. The van der Waals surface area contributed by atoms with Crippen LogP contribution in [-0.4, -0.2) is 7.11 Å². The predicted molar refractivity (Wildman–Crippen MR) is 81.5 cm³/mol. The van der Waals surface area contributed by atoms with Crippen molar-refractivity contribution in [2.24, 2.45) is 0 Å². The zero-order chi connectivity index (χ0) is 14.5. The van der Waals surface area contributed by atoms with Crippen LogP contribution in [0.1, 0.15) is 11.1 Å². The number of nitrogens with zero attached hydrogens (tertiary/aromatic N) is 1. The molecule has 0 aromatic heterocycles. The molecule has 0 heterocycles. The van der Waals surface area contributed by atoms with Crippen LogP contribution in [0.3, 0.4) is 0 Å². The normalized spacial score (nSPS) is 9.90. The minimum atomic E-state index is 0.441. The van der Waals surface area contributed by atoms with Crippen LogP contribution in [-0.2, 0) is 5.88 Å². The molecule has 0 bridgehead atoms. The summed E-state index contributed by atoms with van der Waals surface area (Å²) < 4.78 is 11.7. The Hall–Kier alpha value is -1.70. The van der Waals surface area contributed by atoms with Gasteiger partial charge in [0.2, 0.25) is 0 Å². The molecule has 5 heteroatoms. The summed E-state index contributed by atoms with van der Waals surface area (Å²) in [5.74, 6) is 2.21. The van der Waals surface area contributed by atoms with E-state index in [4.69, 9.17) is 26.3 Å². The quantitative estimate of drug-likeness (QED) is 0.738. The number of benzene rings is 2. The van der Waals surface area contributed by atoms with E-state index in [0.717, 1.165) is 10.0 Å². The van der Waals surface area contributed by atoms with Crippen molar-refractivity contribution in [1.29, 1.82) is 5.26 Å². The molecule has 20 heavy (non-hydrogen) atoms. The van der Waals surface area contributed by atoms with Crippen molar-refractivity contribution in [3.05, 3.63) is 52.0 Å². The maximum atomic E-state index is 8.99. The molecule has 102 valence electrons. The van der Waals surface area contributed by atoms with Crippen LogP contribution in [0.25, 0.3) is 0 Å². The van der Waals surface area contributed by atoms with Gasteiger partial charge in [-0.1, -0.05) is 6.07 Å². The van der Waals surface area contributed by atoms with Gasteiger partial charge in [0.15, 0.2) is 0 Å². The third-order valence-electron chi connectivity index (χ3n) is 2.62. The minimum Gasteiger partial charge on any atom is -0.497 e. The highest BCUT2D eigenvalue weighted by Gasteiger charge is 2.07. The molecule has 0 radical (unpaired) electrons. The van der Waals surface area contributed by atoms with Gasteiger partial charge in [-0.15, -0.1) is 11.6 Å². The van der Waals surface area contributed by atoms with Gasteiger partial charge in [-0.25, -0.2) is 0 Å². The Bertz CT molecular complexity index is 667.